The van der Waals surface area contributed by atoms with Crippen LogP contribution >= 0.6 is 0 Å². The van der Waals surface area contributed by atoms with Crippen LogP contribution in [0.15, 0.2) is 77.7 Å². The van der Waals surface area contributed by atoms with E-state index in [1.54, 1.807) is 6.92 Å². The molecule has 0 saturated carbocycles. The summed E-state index contributed by atoms with van der Waals surface area (Å²) in [6, 6.07) is 21.6. The van der Waals surface area contributed by atoms with Crippen LogP contribution in [0.25, 0.3) is 11.0 Å². The number of aromatic nitrogens is 2. The first-order chi connectivity index (χ1) is 17.8. The summed E-state index contributed by atoms with van der Waals surface area (Å²) in [4.78, 5) is 15.4. The Hall–Kier alpha value is -3.76. The highest BCUT2D eigenvalue weighted by Crippen LogP contribution is 2.30. The van der Waals surface area contributed by atoms with Crippen molar-refractivity contribution in [3.8, 4) is 5.75 Å². The van der Waals surface area contributed by atoms with Gasteiger partial charge in [0, 0.05) is 31.8 Å². The number of nitrogens with zero attached hydrogens (tertiary/aromatic N) is 4. The highest BCUT2D eigenvalue weighted by atomic mass is 32.2. The highest BCUT2D eigenvalue weighted by molar-refractivity contribution is 7.89. The van der Waals surface area contributed by atoms with Crippen molar-refractivity contribution in [1.29, 1.82) is 0 Å². The second-order valence-electron chi connectivity index (χ2n) is 9.28. The molecule has 0 amide bonds. The number of rotatable bonds is 8. The van der Waals surface area contributed by atoms with E-state index in [0.29, 0.717) is 44.6 Å². The molecule has 0 atom stereocenters. The zero-order chi connectivity index (χ0) is 26.0. The molecule has 1 aliphatic heterocycles. The Morgan fingerprint density at radius 1 is 1.03 bits per heavy atom. The van der Waals surface area contributed by atoms with Crippen LogP contribution in [0.4, 0.5) is 5.69 Å². The van der Waals surface area contributed by atoms with Crippen LogP contribution in [0.1, 0.15) is 24.2 Å². The van der Waals surface area contributed by atoms with E-state index >= 15 is 0 Å². The lowest BCUT2D eigenvalue weighted by molar-refractivity contribution is -0.385. The number of non-ortho nitro benzene ring substituents is 1. The number of hydrogen-bond donors (Lipinski definition) is 0. The summed E-state index contributed by atoms with van der Waals surface area (Å²) in [5, 5.41) is 11.2. The molecule has 2 heterocycles. The SMILES string of the molecule is Cc1ccc([N+](=O)[O-])cc1S(=O)(=O)N1CCC(Cn2c(COc3ccccc3)nc3ccccc32)CC1. The fourth-order valence-corrected chi connectivity index (χ4v) is 6.53. The van der Waals surface area contributed by atoms with E-state index in [0.717, 1.165) is 28.7 Å². The van der Waals surface area contributed by atoms with E-state index in [2.05, 4.69) is 4.57 Å². The maximum Gasteiger partial charge on any atom is 0.270 e. The molecular weight excluding hydrogens is 492 g/mol. The number of fused-ring (bicyclic) bond motifs is 1. The van der Waals surface area contributed by atoms with Crippen LogP contribution in [0, 0.1) is 23.0 Å². The van der Waals surface area contributed by atoms with Crippen LogP contribution in [-0.2, 0) is 23.2 Å². The van der Waals surface area contributed by atoms with Crippen molar-refractivity contribution in [2.75, 3.05) is 13.1 Å². The normalized spacial score (nSPS) is 15.2. The Bertz CT molecular complexity index is 1530. The molecule has 3 aromatic carbocycles. The number of sulfonamides is 1. The second kappa shape index (κ2) is 10.3. The summed E-state index contributed by atoms with van der Waals surface area (Å²) in [5.41, 5.74) is 2.20. The molecule has 0 bridgehead atoms. The van der Waals surface area contributed by atoms with Gasteiger partial charge in [0.1, 0.15) is 18.2 Å². The summed E-state index contributed by atoms with van der Waals surface area (Å²) in [5.74, 6) is 1.86. The maximum atomic E-state index is 13.3. The summed E-state index contributed by atoms with van der Waals surface area (Å²) >= 11 is 0. The number of nitro groups is 1. The molecule has 192 valence electrons. The quantitative estimate of drug-likeness (QED) is 0.241. The molecule has 1 saturated heterocycles. The Morgan fingerprint density at radius 3 is 2.46 bits per heavy atom. The van der Waals surface area contributed by atoms with Crippen LogP contribution in [-0.4, -0.2) is 40.3 Å². The number of imidazole rings is 1. The van der Waals surface area contributed by atoms with Crippen molar-refractivity contribution < 1.29 is 18.1 Å². The van der Waals surface area contributed by atoms with E-state index in [-0.39, 0.29) is 16.5 Å². The standard InChI is InChI=1S/C27H28N4O5S/c1-20-11-12-22(31(32)33)17-26(20)37(34,35)29-15-13-21(14-16-29)18-30-25-10-6-5-9-24(25)28-27(30)19-36-23-7-3-2-4-8-23/h2-12,17,21H,13-16,18-19H2,1H3. The van der Waals surface area contributed by atoms with Gasteiger partial charge in [-0.1, -0.05) is 36.4 Å². The van der Waals surface area contributed by atoms with Crippen LogP contribution in [0.5, 0.6) is 5.75 Å². The first kappa shape index (κ1) is 24.9. The third-order valence-electron chi connectivity index (χ3n) is 6.86. The lowest BCUT2D eigenvalue weighted by atomic mass is 9.98. The van der Waals surface area contributed by atoms with Crippen molar-refractivity contribution in [2.45, 2.75) is 37.8 Å². The predicted molar refractivity (Wildman–Crippen MR) is 140 cm³/mol. The van der Waals surface area contributed by atoms with Crippen molar-refractivity contribution in [3.05, 3.63) is 94.3 Å². The molecule has 1 fully saturated rings. The minimum absolute atomic E-state index is 0.00102. The number of piperidine rings is 1. The minimum atomic E-state index is -3.83. The van der Waals surface area contributed by atoms with Gasteiger partial charge in [0.25, 0.3) is 5.69 Å². The number of benzene rings is 3. The van der Waals surface area contributed by atoms with Crippen molar-refractivity contribution >= 4 is 26.7 Å². The molecule has 1 aromatic heterocycles. The van der Waals surface area contributed by atoms with E-state index < -0.39 is 14.9 Å². The van der Waals surface area contributed by atoms with Crippen molar-refractivity contribution in [2.24, 2.45) is 5.92 Å². The molecule has 0 unspecified atom stereocenters. The first-order valence-corrected chi connectivity index (χ1v) is 13.6. The lowest BCUT2D eigenvalue weighted by Crippen LogP contribution is -2.39. The van der Waals surface area contributed by atoms with Crippen molar-refractivity contribution in [3.63, 3.8) is 0 Å². The topological polar surface area (TPSA) is 108 Å². The van der Waals surface area contributed by atoms with Crippen molar-refractivity contribution in [1.82, 2.24) is 13.9 Å². The molecule has 10 heteroatoms. The van der Waals surface area contributed by atoms with E-state index in [9.17, 15) is 18.5 Å². The van der Waals surface area contributed by atoms with Gasteiger partial charge in [0.05, 0.1) is 20.9 Å². The monoisotopic (exact) mass is 520 g/mol. The third-order valence-corrected chi connectivity index (χ3v) is 8.90. The van der Waals surface area contributed by atoms with Gasteiger partial charge >= 0.3 is 0 Å². The van der Waals surface area contributed by atoms with Crippen LogP contribution in [0.3, 0.4) is 0 Å². The Balaban J connectivity index is 1.31. The molecule has 37 heavy (non-hydrogen) atoms. The molecule has 5 rings (SSSR count). The first-order valence-electron chi connectivity index (χ1n) is 12.2. The van der Waals surface area contributed by atoms with Gasteiger partial charge in [0.15, 0.2) is 0 Å². The average Bonchev–Trinajstić information content (AvgIpc) is 3.25. The van der Waals surface area contributed by atoms with Gasteiger partial charge in [-0.15, -0.1) is 0 Å². The molecule has 0 aliphatic carbocycles. The maximum absolute atomic E-state index is 13.3. The Morgan fingerprint density at radius 2 is 1.73 bits per heavy atom. The largest absolute Gasteiger partial charge is 0.486 e. The van der Waals surface area contributed by atoms with Gasteiger partial charge < -0.3 is 9.30 Å². The number of aryl methyl sites for hydroxylation is 1. The lowest BCUT2D eigenvalue weighted by Gasteiger charge is -2.32. The highest BCUT2D eigenvalue weighted by Gasteiger charge is 2.32. The average molecular weight is 521 g/mol. The Kier molecular flexibility index (Phi) is 6.94. The van der Waals surface area contributed by atoms with E-state index in [1.807, 2.05) is 54.6 Å². The summed E-state index contributed by atoms with van der Waals surface area (Å²) in [7, 11) is -3.83. The zero-order valence-corrected chi connectivity index (χ0v) is 21.3. The molecule has 4 aromatic rings. The minimum Gasteiger partial charge on any atom is -0.486 e. The molecule has 1 aliphatic rings. The summed E-state index contributed by atoms with van der Waals surface area (Å²) in [6.45, 7) is 3.41. The summed E-state index contributed by atoms with van der Waals surface area (Å²) in [6.07, 6.45) is 1.36. The molecule has 0 spiro atoms. The molecule has 9 nitrogen and oxygen atoms in total. The zero-order valence-electron chi connectivity index (χ0n) is 20.5. The van der Waals surface area contributed by atoms with Crippen LogP contribution < -0.4 is 4.74 Å². The fourth-order valence-electron chi connectivity index (χ4n) is 4.81. The number of para-hydroxylation sites is 3. The second-order valence-corrected chi connectivity index (χ2v) is 11.2. The smallest absolute Gasteiger partial charge is 0.270 e. The molecule has 0 radical (unpaired) electrons. The Labute approximate surface area is 215 Å². The van der Waals surface area contributed by atoms with Gasteiger partial charge in [-0.3, -0.25) is 10.1 Å². The summed E-state index contributed by atoms with van der Waals surface area (Å²) < 4.78 is 36.3. The van der Waals surface area contributed by atoms with Gasteiger partial charge in [0.2, 0.25) is 10.0 Å². The van der Waals surface area contributed by atoms with Gasteiger partial charge in [-0.25, -0.2) is 13.4 Å². The van der Waals surface area contributed by atoms with Crippen LogP contribution in [0.2, 0.25) is 0 Å². The number of ether oxygens (including phenoxy) is 1. The van der Waals surface area contributed by atoms with Gasteiger partial charge in [-0.2, -0.15) is 4.31 Å². The molecular formula is C27H28N4O5S. The molecule has 0 N–H and O–H groups in total. The predicted octanol–water partition coefficient (Wildman–Crippen LogP) is 4.93. The number of nitro benzene ring substituents is 1. The number of hydrogen-bond acceptors (Lipinski definition) is 6. The third kappa shape index (κ3) is 5.21. The van der Waals surface area contributed by atoms with Gasteiger partial charge in [-0.05, 0) is 55.5 Å². The fraction of sp³-hybridized carbons (Fsp3) is 0.296. The van der Waals surface area contributed by atoms with E-state index in [4.69, 9.17) is 9.72 Å². The van der Waals surface area contributed by atoms with E-state index in [1.165, 1.54) is 16.4 Å².